The Kier molecular flexibility index (Phi) is 2.74. The van der Waals surface area contributed by atoms with Gasteiger partial charge in [0.25, 0.3) is 0 Å². The average molecular weight is 260 g/mol. The molecule has 1 aliphatic rings. The van der Waals surface area contributed by atoms with E-state index < -0.39 is 11.6 Å². The molecule has 0 aliphatic carbocycles. The number of carbonyl (C=O) groups is 1. The van der Waals surface area contributed by atoms with Crippen LogP contribution in [0.5, 0.6) is 0 Å². The van der Waals surface area contributed by atoms with Crippen LogP contribution in [-0.4, -0.2) is 10.9 Å². The summed E-state index contributed by atoms with van der Waals surface area (Å²) in [6.07, 6.45) is 3.41. The van der Waals surface area contributed by atoms with Crippen molar-refractivity contribution in [2.24, 2.45) is 0 Å². The molecule has 19 heavy (non-hydrogen) atoms. The predicted molar refractivity (Wildman–Crippen MR) is 66.5 cm³/mol. The van der Waals surface area contributed by atoms with Crippen molar-refractivity contribution in [1.29, 1.82) is 0 Å². The number of halogens is 2. The number of pyridine rings is 1. The van der Waals surface area contributed by atoms with Crippen LogP contribution in [0.1, 0.15) is 12.0 Å². The van der Waals surface area contributed by atoms with Crippen molar-refractivity contribution < 1.29 is 13.6 Å². The van der Waals surface area contributed by atoms with E-state index in [0.29, 0.717) is 29.7 Å². The van der Waals surface area contributed by atoms with Gasteiger partial charge in [-0.25, -0.2) is 8.78 Å². The molecular weight excluding hydrogens is 250 g/mol. The summed E-state index contributed by atoms with van der Waals surface area (Å²) in [4.78, 5) is 15.0. The lowest BCUT2D eigenvalue weighted by molar-refractivity contribution is -0.116. The van der Waals surface area contributed by atoms with Gasteiger partial charge in [0, 0.05) is 29.4 Å². The van der Waals surface area contributed by atoms with E-state index in [2.05, 4.69) is 10.3 Å². The number of hydrogen-bond donors (Lipinski definition) is 1. The highest BCUT2D eigenvalue weighted by atomic mass is 19.1. The summed E-state index contributed by atoms with van der Waals surface area (Å²) in [5, 5.41) is 2.62. The maximum absolute atomic E-state index is 14.0. The van der Waals surface area contributed by atoms with Crippen LogP contribution < -0.4 is 5.32 Å². The van der Waals surface area contributed by atoms with Gasteiger partial charge in [0.2, 0.25) is 5.91 Å². The summed E-state index contributed by atoms with van der Waals surface area (Å²) >= 11 is 0. The van der Waals surface area contributed by atoms with Gasteiger partial charge in [-0.2, -0.15) is 0 Å². The van der Waals surface area contributed by atoms with Crippen LogP contribution in [0.2, 0.25) is 0 Å². The first kappa shape index (κ1) is 11.8. The molecule has 0 fully saturated rings. The Hall–Kier alpha value is -2.30. The topological polar surface area (TPSA) is 42.0 Å². The second-order valence-corrected chi connectivity index (χ2v) is 4.43. The minimum absolute atomic E-state index is 0.118. The number of anilines is 1. The van der Waals surface area contributed by atoms with E-state index in [1.54, 1.807) is 6.07 Å². The zero-order chi connectivity index (χ0) is 13.4. The molecule has 0 atom stereocenters. The van der Waals surface area contributed by atoms with Crippen molar-refractivity contribution in [2.75, 3.05) is 5.32 Å². The number of aryl methyl sites for hydroxylation is 1. The Morgan fingerprint density at radius 1 is 1.11 bits per heavy atom. The summed E-state index contributed by atoms with van der Waals surface area (Å²) in [6.45, 7) is 0. The maximum atomic E-state index is 14.0. The third kappa shape index (κ3) is 2.19. The molecule has 96 valence electrons. The SMILES string of the molecule is O=C1CCc2cc(-c3cncc(F)c3)c(F)cc2N1. The van der Waals surface area contributed by atoms with Crippen molar-refractivity contribution in [3.8, 4) is 11.1 Å². The Labute approximate surface area is 108 Å². The molecule has 1 aromatic carbocycles. The fraction of sp³-hybridized carbons (Fsp3) is 0.143. The fourth-order valence-electron chi connectivity index (χ4n) is 2.18. The first-order valence-electron chi connectivity index (χ1n) is 5.86. The van der Waals surface area contributed by atoms with Gasteiger partial charge in [0.05, 0.1) is 6.20 Å². The molecule has 2 aromatic rings. The van der Waals surface area contributed by atoms with E-state index in [-0.39, 0.29) is 5.91 Å². The lowest BCUT2D eigenvalue weighted by Gasteiger charge is -2.18. The van der Waals surface area contributed by atoms with Crippen molar-refractivity contribution in [3.63, 3.8) is 0 Å². The lowest BCUT2D eigenvalue weighted by Crippen LogP contribution is -2.19. The highest BCUT2D eigenvalue weighted by Gasteiger charge is 2.18. The molecule has 3 nitrogen and oxygen atoms in total. The van der Waals surface area contributed by atoms with Crippen molar-refractivity contribution in [1.82, 2.24) is 4.98 Å². The second-order valence-electron chi connectivity index (χ2n) is 4.43. The Morgan fingerprint density at radius 2 is 1.95 bits per heavy atom. The van der Waals surface area contributed by atoms with Crippen LogP contribution >= 0.6 is 0 Å². The number of benzene rings is 1. The molecule has 1 amide bonds. The first-order valence-corrected chi connectivity index (χ1v) is 5.86. The van der Waals surface area contributed by atoms with Crippen LogP contribution in [0.25, 0.3) is 11.1 Å². The highest BCUT2D eigenvalue weighted by molar-refractivity contribution is 5.94. The van der Waals surface area contributed by atoms with Gasteiger partial charge >= 0.3 is 0 Å². The van der Waals surface area contributed by atoms with Crippen LogP contribution in [0, 0.1) is 11.6 Å². The van der Waals surface area contributed by atoms with Crippen LogP contribution in [0.4, 0.5) is 14.5 Å². The van der Waals surface area contributed by atoms with Crippen molar-refractivity contribution in [2.45, 2.75) is 12.8 Å². The molecule has 0 unspecified atom stereocenters. The number of fused-ring (bicyclic) bond motifs is 1. The van der Waals surface area contributed by atoms with Crippen molar-refractivity contribution in [3.05, 3.63) is 47.8 Å². The fourth-order valence-corrected chi connectivity index (χ4v) is 2.18. The summed E-state index contributed by atoms with van der Waals surface area (Å²) in [5.41, 5.74) is 2.02. The summed E-state index contributed by atoms with van der Waals surface area (Å²) < 4.78 is 27.2. The van der Waals surface area contributed by atoms with Crippen LogP contribution in [0.3, 0.4) is 0 Å². The largest absolute Gasteiger partial charge is 0.326 e. The number of rotatable bonds is 1. The van der Waals surface area contributed by atoms with E-state index in [0.717, 1.165) is 11.8 Å². The minimum Gasteiger partial charge on any atom is -0.326 e. The molecule has 5 heteroatoms. The predicted octanol–water partition coefficient (Wildman–Crippen LogP) is 2.91. The number of hydrogen-bond acceptors (Lipinski definition) is 2. The lowest BCUT2D eigenvalue weighted by atomic mass is 9.97. The molecule has 1 N–H and O–H groups in total. The molecule has 0 bridgehead atoms. The number of amides is 1. The molecule has 3 rings (SSSR count). The summed E-state index contributed by atoms with van der Waals surface area (Å²) in [6, 6.07) is 4.15. The quantitative estimate of drug-likeness (QED) is 0.856. The Balaban J connectivity index is 2.11. The van der Waals surface area contributed by atoms with E-state index in [9.17, 15) is 13.6 Å². The molecule has 1 aromatic heterocycles. The smallest absolute Gasteiger partial charge is 0.224 e. The van der Waals surface area contributed by atoms with Gasteiger partial charge in [0.15, 0.2) is 0 Å². The van der Waals surface area contributed by atoms with Gasteiger partial charge in [-0.3, -0.25) is 9.78 Å². The number of carbonyl (C=O) groups excluding carboxylic acids is 1. The van der Waals surface area contributed by atoms with Crippen LogP contribution in [0.15, 0.2) is 30.6 Å². The monoisotopic (exact) mass is 260 g/mol. The number of aromatic nitrogens is 1. The summed E-state index contributed by atoms with van der Waals surface area (Å²) in [5.74, 6) is -1.14. The molecule has 1 aliphatic heterocycles. The van der Waals surface area contributed by atoms with E-state index in [4.69, 9.17) is 0 Å². The number of nitrogens with zero attached hydrogens (tertiary/aromatic N) is 1. The van der Waals surface area contributed by atoms with Gasteiger partial charge in [-0.05, 0) is 30.2 Å². The third-order valence-electron chi connectivity index (χ3n) is 3.10. The van der Waals surface area contributed by atoms with E-state index in [1.165, 1.54) is 18.3 Å². The molecular formula is C14H10F2N2O. The zero-order valence-corrected chi connectivity index (χ0v) is 9.91. The average Bonchev–Trinajstić information content (AvgIpc) is 2.37. The van der Waals surface area contributed by atoms with Gasteiger partial charge in [0.1, 0.15) is 11.6 Å². The third-order valence-corrected chi connectivity index (χ3v) is 3.10. The van der Waals surface area contributed by atoms with Crippen LogP contribution in [-0.2, 0) is 11.2 Å². The molecule has 0 spiro atoms. The second kappa shape index (κ2) is 4.42. The molecule has 0 saturated carbocycles. The van der Waals surface area contributed by atoms with Gasteiger partial charge < -0.3 is 5.32 Å². The molecule has 2 heterocycles. The standard InChI is InChI=1S/C14H10F2N2O/c15-10-3-9(6-17-7-10)11-4-8-1-2-14(19)18-13(8)5-12(11)16/h3-7H,1-2H2,(H,18,19). The minimum atomic E-state index is -0.511. The van der Waals surface area contributed by atoms with Gasteiger partial charge in [-0.1, -0.05) is 0 Å². The van der Waals surface area contributed by atoms with E-state index >= 15 is 0 Å². The Bertz CT molecular complexity index is 670. The normalized spacial score (nSPS) is 13.9. The zero-order valence-electron chi connectivity index (χ0n) is 9.91. The Morgan fingerprint density at radius 3 is 2.74 bits per heavy atom. The van der Waals surface area contributed by atoms with E-state index in [1.807, 2.05) is 0 Å². The van der Waals surface area contributed by atoms with Crippen molar-refractivity contribution >= 4 is 11.6 Å². The van der Waals surface area contributed by atoms with Gasteiger partial charge in [-0.15, -0.1) is 0 Å². The highest BCUT2D eigenvalue weighted by Crippen LogP contribution is 2.31. The number of nitrogens with one attached hydrogen (secondary N) is 1. The first-order chi connectivity index (χ1) is 9.13. The molecule has 0 radical (unpaired) electrons. The summed E-state index contributed by atoms with van der Waals surface area (Å²) in [7, 11) is 0. The molecule has 0 saturated heterocycles. The maximum Gasteiger partial charge on any atom is 0.224 e.